The van der Waals surface area contributed by atoms with Gasteiger partial charge >= 0.3 is 5.97 Å². The number of methoxy groups -OCH3 is 1. The lowest BCUT2D eigenvalue weighted by molar-refractivity contribution is -0.137. The number of nitrogens with one attached hydrogen (secondary N) is 1. The van der Waals surface area contributed by atoms with Crippen LogP contribution in [0.25, 0.3) is 11.3 Å². The minimum atomic E-state index is -1.16. The Bertz CT molecular complexity index is 1020. The fraction of sp³-hybridized carbons (Fsp3) is 0.136. The summed E-state index contributed by atoms with van der Waals surface area (Å²) in [6, 6.07) is 17.0. The maximum atomic E-state index is 14.2. The Balaban J connectivity index is 1.92. The van der Waals surface area contributed by atoms with Crippen molar-refractivity contribution in [1.29, 1.82) is 0 Å². The van der Waals surface area contributed by atoms with Gasteiger partial charge in [0.2, 0.25) is 0 Å². The van der Waals surface area contributed by atoms with Crippen molar-refractivity contribution >= 4 is 11.9 Å². The lowest BCUT2D eigenvalue weighted by atomic mass is 10.0. The van der Waals surface area contributed by atoms with Crippen molar-refractivity contribution in [1.82, 2.24) is 10.3 Å². The van der Waals surface area contributed by atoms with Gasteiger partial charge in [0.15, 0.2) is 0 Å². The van der Waals surface area contributed by atoms with Gasteiger partial charge in [0, 0.05) is 11.1 Å². The maximum Gasteiger partial charge on any atom is 0.305 e. The number of rotatable bonds is 7. The van der Waals surface area contributed by atoms with Crippen molar-refractivity contribution < 1.29 is 23.8 Å². The first-order valence-electron chi connectivity index (χ1n) is 8.87. The van der Waals surface area contributed by atoms with E-state index in [0.29, 0.717) is 11.4 Å². The van der Waals surface area contributed by atoms with E-state index in [1.54, 1.807) is 12.1 Å². The summed E-state index contributed by atoms with van der Waals surface area (Å²) in [4.78, 5) is 28.4. The summed E-state index contributed by atoms with van der Waals surface area (Å²) in [6.07, 6.45) is -0.464. The normalized spacial score (nSPS) is 11.5. The third kappa shape index (κ3) is 4.76. The maximum absolute atomic E-state index is 14.2. The van der Waals surface area contributed by atoms with Crippen molar-refractivity contribution in [2.24, 2.45) is 0 Å². The number of amides is 1. The Morgan fingerprint density at radius 2 is 1.76 bits per heavy atom. The average molecular weight is 394 g/mol. The molecule has 1 aromatic heterocycles. The zero-order valence-electron chi connectivity index (χ0n) is 15.6. The number of aromatic nitrogens is 1. The number of hydrogen-bond donors (Lipinski definition) is 2. The molecule has 3 aromatic rings. The zero-order valence-corrected chi connectivity index (χ0v) is 15.6. The largest absolute Gasteiger partial charge is 0.494 e. The van der Waals surface area contributed by atoms with Crippen LogP contribution in [0.4, 0.5) is 4.39 Å². The Labute approximate surface area is 167 Å². The second-order valence-electron chi connectivity index (χ2n) is 6.26. The number of carbonyl (C=O) groups is 2. The number of ether oxygens (including phenoxy) is 1. The van der Waals surface area contributed by atoms with E-state index >= 15 is 0 Å². The molecule has 0 aliphatic carbocycles. The van der Waals surface area contributed by atoms with E-state index < -0.39 is 30.2 Å². The van der Waals surface area contributed by atoms with Gasteiger partial charge in [0.25, 0.3) is 5.91 Å². The molecule has 0 radical (unpaired) electrons. The van der Waals surface area contributed by atoms with E-state index in [4.69, 9.17) is 4.74 Å². The Hall–Kier alpha value is -3.74. The van der Waals surface area contributed by atoms with Crippen LogP contribution in [0.5, 0.6) is 5.75 Å². The first-order chi connectivity index (χ1) is 14.0. The van der Waals surface area contributed by atoms with Gasteiger partial charge in [0.1, 0.15) is 23.0 Å². The molecule has 0 aliphatic rings. The number of carboxylic acids is 1. The van der Waals surface area contributed by atoms with Gasteiger partial charge < -0.3 is 15.2 Å². The van der Waals surface area contributed by atoms with Crippen LogP contribution in [-0.2, 0) is 4.79 Å². The minimum absolute atomic E-state index is 0.0661. The van der Waals surface area contributed by atoms with E-state index in [0.717, 1.165) is 5.56 Å². The summed E-state index contributed by atoms with van der Waals surface area (Å²) in [5.41, 5.74) is 1.40. The standard InChI is InChI=1S/C22H19FN2O4/c1-29-19-12-11-17(24-21(19)14-7-3-2-4-8-14)22(28)25-18(13-20(26)27)15-9-5-6-10-16(15)23/h2-12,18H,13H2,1H3,(H,25,28)(H,26,27). The molecule has 29 heavy (non-hydrogen) atoms. The molecule has 0 bridgehead atoms. The van der Waals surface area contributed by atoms with Crippen LogP contribution in [0.2, 0.25) is 0 Å². The zero-order chi connectivity index (χ0) is 20.8. The Morgan fingerprint density at radius 1 is 1.07 bits per heavy atom. The quantitative estimate of drug-likeness (QED) is 0.636. The number of carbonyl (C=O) groups excluding carboxylic acids is 1. The fourth-order valence-corrected chi connectivity index (χ4v) is 2.94. The lowest BCUT2D eigenvalue weighted by Gasteiger charge is -2.18. The first kappa shape index (κ1) is 20.0. The molecule has 1 atom stereocenters. The molecule has 148 valence electrons. The van der Waals surface area contributed by atoms with E-state index in [1.807, 2.05) is 30.3 Å². The molecule has 0 saturated carbocycles. The summed E-state index contributed by atoms with van der Waals surface area (Å²) >= 11 is 0. The Kier molecular flexibility index (Phi) is 6.19. The van der Waals surface area contributed by atoms with E-state index in [1.165, 1.54) is 31.4 Å². The second-order valence-corrected chi connectivity index (χ2v) is 6.26. The fourth-order valence-electron chi connectivity index (χ4n) is 2.94. The van der Waals surface area contributed by atoms with E-state index in [-0.39, 0.29) is 11.3 Å². The van der Waals surface area contributed by atoms with Gasteiger partial charge in [0.05, 0.1) is 19.6 Å². The van der Waals surface area contributed by atoms with Crippen molar-refractivity contribution in [3.8, 4) is 17.0 Å². The molecule has 2 N–H and O–H groups in total. The third-order valence-electron chi connectivity index (χ3n) is 4.32. The summed E-state index contributed by atoms with van der Waals surface area (Å²) in [6.45, 7) is 0. The number of carboxylic acid groups (broad SMARTS) is 1. The molecule has 1 unspecified atom stereocenters. The summed E-state index contributed by atoms with van der Waals surface area (Å²) in [5.74, 6) is -1.87. The van der Waals surface area contributed by atoms with Crippen molar-refractivity contribution in [3.63, 3.8) is 0 Å². The van der Waals surface area contributed by atoms with Crippen LogP contribution >= 0.6 is 0 Å². The average Bonchev–Trinajstić information content (AvgIpc) is 2.73. The monoisotopic (exact) mass is 394 g/mol. The highest BCUT2D eigenvalue weighted by Gasteiger charge is 2.23. The van der Waals surface area contributed by atoms with Crippen molar-refractivity contribution in [2.75, 3.05) is 7.11 Å². The van der Waals surface area contributed by atoms with Crippen molar-refractivity contribution in [3.05, 3.63) is 83.8 Å². The van der Waals surface area contributed by atoms with Gasteiger partial charge in [-0.3, -0.25) is 9.59 Å². The highest BCUT2D eigenvalue weighted by atomic mass is 19.1. The molecule has 1 amide bonds. The molecule has 0 aliphatic heterocycles. The number of benzene rings is 2. The minimum Gasteiger partial charge on any atom is -0.494 e. The second kappa shape index (κ2) is 8.97. The van der Waals surface area contributed by atoms with Gasteiger partial charge in [-0.05, 0) is 18.2 Å². The number of aliphatic carboxylic acids is 1. The molecule has 6 nitrogen and oxygen atoms in total. The molecule has 7 heteroatoms. The summed E-state index contributed by atoms with van der Waals surface area (Å²) in [5, 5.41) is 11.7. The topological polar surface area (TPSA) is 88.5 Å². The van der Waals surface area contributed by atoms with Gasteiger partial charge in [-0.2, -0.15) is 0 Å². The highest BCUT2D eigenvalue weighted by Crippen LogP contribution is 2.28. The molecule has 0 fully saturated rings. The molecule has 0 spiro atoms. The van der Waals surface area contributed by atoms with E-state index in [2.05, 4.69) is 10.3 Å². The van der Waals surface area contributed by atoms with Crippen LogP contribution in [0.1, 0.15) is 28.5 Å². The third-order valence-corrected chi connectivity index (χ3v) is 4.32. The molecule has 3 rings (SSSR count). The van der Waals surface area contributed by atoms with Crippen LogP contribution in [0.15, 0.2) is 66.7 Å². The molecular weight excluding hydrogens is 375 g/mol. The van der Waals surface area contributed by atoms with Gasteiger partial charge in [-0.1, -0.05) is 48.5 Å². The van der Waals surface area contributed by atoms with Gasteiger partial charge in [-0.15, -0.1) is 0 Å². The van der Waals surface area contributed by atoms with Crippen LogP contribution in [0, 0.1) is 5.82 Å². The van der Waals surface area contributed by atoms with Gasteiger partial charge in [-0.25, -0.2) is 9.37 Å². The number of pyridine rings is 1. The molecule has 1 heterocycles. The smallest absolute Gasteiger partial charge is 0.305 e. The number of halogens is 1. The Morgan fingerprint density at radius 3 is 2.41 bits per heavy atom. The number of nitrogens with zero attached hydrogens (tertiary/aromatic N) is 1. The summed E-state index contributed by atoms with van der Waals surface area (Å²) in [7, 11) is 1.50. The lowest BCUT2D eigenvalue weighted by Crippen LogP contribution is -2.31. The van der Waals surface area contributed by atoms with Crippen molar-refractivity contribution in [2.45, 2.75) is 12.5 Å². The summed E-state index contributed by atoms with van der Waals surface area (Å²) < 4.78 is 19.5. The first-order valence-corrected chi connectivity index (χ1v) is 8.87. The predicted octanol–water partition coefficient (Wildman–Crippen LogP) is 3.84. The molecule has 2 aromatic carbocycles. The van der Waals surface area contributed by atoms with Crippen LogP contribution in [-0.4, -0.2) is 29.1 Å². The van der Waals surface area contributed by atoms with E-state index in [9.17, 15) is 19.1 Å². The number of hydrogen-bond acceptors (Lipinski definition) is 4. The van der Waals surface area contributed by atoms with Crippen LogP contribution < -0.4 is 10.1 Å². The highest BCUT2D eigenvalue weighted by molar-refractivity contribution is 5.93. The van der Waals surface area contributed by atoms with Crippen LogP contribution in [0.3, 0.4) is 0 Å². The SMILES string of the molecule is COc1ccc(C(=O)NC(CC(=O)O)c2ccccc2F)nc1-c1ccccc1. The molecular formula is C22H19FN2O4. The molecule has 0 saturated heterocycles. The predicted molar refractivity (Wildman–Crippen MR) is 105 cm³/mol.